The van der Waals surface area contributed by atoms with Crippen molar-refractivity contribution in [2.75, 3.05) is 32.7 Å². The van der Waals surface area contributed by atoms with Crippen LogP contribution in [0.3, 0.4) is 0 Å². The number of rotatable bonds is 3. The van der Waals surface area contributed by atoms with Crippen LogP contribution < -0.4 is 11.3 Å². The maximum Gasteiger partial charge on any atom is 0.208 e. The molecular weight excluding hydrogens is 202 g/mol. The second-order valence-corrected chi connectivity index (χ2v) is 4.66. The highest BCUT2D eigenvalue weighted by molar-refractivity contribution is 5.79. The number of guanidine groups is 1. The Hall–Kier alpha value is -0.810. The van der Waals surface area contributed by atoms with E-state index in [1.807, 2.05) is 0 Å². The third-order valence-electron chi connectivity index (χ3n) is 3.19. The van der Waals surface area contributed by atoms with Crippen LogP contribution >= 0.6 is 0 Å². The molecule has 0 aromatic rings. The second kappa shape index (κ2) is 5.50. The van der Waals surface area contributed by atoms with Gasteiger partial charge in [-0.3, -0.25) is 10.3 Å². The molecule has 0 aromatic carbocycles. The van der Waals surface area contributed by atoms with Crippen molar-refractivity contribution in [3.63, 3.8) is 0 Å². The predicted molar refractivity (Wildman–Crippen MR) is 66.1 cm³/mol. The molecule has 2 rings (SSSR count). The molecule has 5 nitrogen and oxygen atoms in total. The molecule has 2 aliphatic rings. The normalized spacial score (nSPS) is 23.6. The lowest BCUT2D eigenvalue weighted by atomic mass is 10.3. The average Bonchev–Trinajstić information content (AvgIpc) is 3.11. The Labute approximate surface area is 97.7 Å². The van der Waals surface area contributed by atoms with Gasteiger partial charge in [-0.1, -0.05) is 6.92 Å². The van der Waals surface area contributed by atoms with Crippen LogP contribution in [0, 0.1) is 0 Å². The molecule has 1 aliphatic heterocycles. The van der Waals surface area contributed by atoms with Gasteiger partial charge in [0.2, 0.25) is 5.96 Å². The molecule has 0 radical (unpaired) electrons. The molecule has 1 aliphatic carbocycles. The van der Waals surface area contributed by atoms with E-state index in [-0.39, 0.29) is 0 Å². The van der Waals surface area contributed by atoms with Gasteiger partial charge < -0.3 is 4.90 Å². The number of aliphatic imine (C=N–C) groups is 1. The number of piperazine rings is 1. The van der Waals surface area contributed by atoms with Gasteiger partial charge >= 0.3 is 0 Å². The highest BCUT2D eigenvalue weighted by Gasteiger charge is 2.24. The Morgan fingerprint density at radius 2 is 2.00 bits per heavy atom. The fourth-order valence-corrected chi connectivity index (χ4v) is 2.09. The predicted octanol–water partition coefficient (Wildman–Crippen LogP) is -0.00430. The van der Waals surface area contributed by atoms with Gasteiger partial charge in [0.1, 0.15) is 0 Å². The first-order valence-corrected chi connectivity index (χ1v) is 6.35. The van der Waals surface area contributed by atoms with Crippen LogP contribution in [0.1, 0.15) is 26.2 Å². The first kappa shape index (κ1) is 11.7. The monoisotopic (exact) mass is 225 g/mol. The molecule has 0 unspecified atom stereocenters. The molecule has 2 fully saturated rings. The van der Waals surface area contributed by atoms with Gasteiger partial charge in [-0.2, -0.15) is 0 Å². The van der Waals surface area contributed by atoms with Gasteiger partial charge in [0.25, 0.3) is 0 Å². The molecule has 92 valence electrons. The smallest absolute Gasteiger partial charge is 0.208 e. The van der Waals surface area contributed by atoms with Crippen LogP contribution in [0.4, 0.5) is 0 Å². The van der Waals surface area contributed by atoms with E-state index < -0.39 is 0 Å². The summed E-state index contributed by atoms with van der Waals surface area (Å²) in [5, 5.41) is 0. The van der Waals surface area contributed by atoms with Crippen molar-refractivity contribution in [2.24, 2.45) is 10.8 Å². The SMILES string of the molecule is CCCN1CCN(C(=NC2CC2)NN)CC1. The molecule has 16 heavy (non-hydrogen) atoms. The van der Waals surface area contributed by atoms with Crippen LogP contribution in [-0.2, 0) is 0 Å². The van der Waals surface area contributed by atoms with E-state index in [4.69, 9.17) is 5.84 Å². The van der Waals surface area contributed by atoms with Crippen molar-refractivity contribution in [3.8, 4) is 0 Å². The van der Waals surface area contributed by atoms with E-state index in [9.17, 15) is 0 Å². The molecule has 1 heterocycles. The molecule has 0 aromatic heterocycles. The minimum atomic E-state index is 0.528. The summed E-state index contributed by atoms with van der Waals surface area (Å²) in [6, 6.07) is 0.528. The van der Waals surface area contributed by atoms with E-state index >= 15 is 0 Å². The largest absolute Gasteiger partial charge is 0.339 e. The summed E-state index contributed by atoms with van der Waals surface area (Å²) in [5.41, 5.74) is 2.75. The summed E-state index contributed by atoms with van der Waals surface area (Å²) in [6.07, 6.45) is 3.68. The number of nitrogens with one attached hydrogen (secondary N) is 1. The van der Waals surface area contributed by atoms with E-state index in [0.29, 0.717) is 6.04 Å². The van der Waals surface area contributed by atoms with Crippen molar-refractivity contribution in [3.05, 3.63) is 0 Å². The van der Waals surface area contributed by atoms with Crippen LogP contribution in [0.15, 0.2) is 4.99 Å². The van der Waals surface area contributed by atoms with E-state index in [1.54, 1.807) is 0 Å². The fourth-order valence-electron chi connectivity index (χ4n) is 2.09. The zero-order valence-corrected chi connectivity index (χ0v) is 10.2. The summed E-state index contributed by atoms with van der Waals surface area (Å²) in [7, 11) is 0. The van der Waals surface area contributed by atoms with Gasteiger partial charge in [-0.25, -0.2) is 10.8 Å². The Balaban J connectivity index is 1.82. The van der Waals surface area contributed by atoms with Crippen molar-refractivity contribution in [2.45, 2.75) is 32.2 Å². The van der Waals surface area contributed by atoms with Gasteiger partial charge in [-0.15, -0.1) is 0 Å². The zero-order valence-electron chi connectivity index (χ0n) is 10.2. The highest BCUT2D eigenvalue weighted by atomic mass is 15.4. The van der Waals surface area contributed by atoms with E-state index in [0.717, 1.165) is 32.1 Å². The van der Waals surface area contributed by atoms with Gasteiger partial charge in [0.15, 0.2) is 0 Å². The lowest BCUT2D eigenvalue weighted by Gasteiger charge is -2.35. The Morgan fingerprint density at radius 1 is 1.31 bits per heavy atom. The molecule has 0 bridgehead atoms. The quantitative estimate of drug-likeness (QED) is 0.307. The molecule has 1 saturated heterocycles. The maximum absolute atomic E-state index is 5.54. The van der Waals surface area contributed by atoms with Crippen LogP contribution in [0.2, 0.25) is 0 Å². The Bertz CT molecular complexity index is 241. The third kappa shape index (κ3) is 3.09. The Morgan fingerprint density at radius 3 is 2.50 bits per heavy atom. The standard InChI is InChI=1S/C11H23N5/c1-2-5-15-6-8-16(9-7-15)11(14-12)13-10-3-4-10/h10H,2-9,12H2,1H3,(H,13,14). The van der Waals surface area contributed by atoms with Gasteiger partial charge in [0.05, 0.1) is 6.04 Å². The van der Waals surface area contributed by atoms with E-state index in [1.165, 1.54) is 25.8 Å². The number of nitrogens with zero attached hydrogens (tertiary/aromatic N) is 3. The summed E-state index contributed by atoms with van der Waals surface area (Å²) in [6.45, 7) is 7.76. The maximum atomic E-state index is 5.54. The lowest BCUT2D eigenvalue weighted by molar-refractivity contribution is 0.179. The summed E-state index contributed by atoms with van der Waals surface area (Å²) < 4.78 is 0. The van der Waals surface area contributed by atoms with Crippen LogP contribution in [-0.4, -0.2) is 54.5 Å². The number of nitrogens with two attached hydrogens (primary N) is 1. The van der Waals surface area contributed by atoms with Crippen molar-refractivity contribution < 1.29 is 0 Å². The minimum absolute atomic E-state index is 0.528. The van der Waals surface area contributed by atoms with Gasteiger partial charge in [0, 0.05) is 26.2 Å². The lowest BCUT2D eigenvalue weighted by Crippen LogP contribution is -2.54. The summed E-state index contributed by atoms with van der Waals surface area (Å²) >= 11 is 0. The molecule has 0 amide bonds. The minimum Gasteiger partial charge on any atom is -0.339 e. The van der Waals surface area contributed by atoms with Gasteiger partial charge in [-0.05, 0) is 25.8 Å². The van der Waals surface area contributed by atoms with Crippen LogP contribution in [0.5, 0.6) is 0 Å². The third-order valence-corrected chi connectivity index (χ3v) is 3.19. The fraction of sp³-hybridized carbons (Fsp3) is 0.909. The molecule has 0 atom stereocenters. The molecular formula is C11H23N5. The summed E-state index contributed by atoms with van der Waals surface area (Å²) in [4.78, 5) is 9.36. The topological polar surface area (TPSA) is 56.9 Å². The Kier molecular flexibility index (Phi) is 4.01. The summed E-state index contributed by atoms with van der Waals surface area (Å²) in [5.74, 6) is 6.42. The second-order valence-electron chi connectivity index (χ2n) is 4.66. The number of hydrogen-bond acceptors (Lipinski definition) is 3. The number of hydrazine groups is 1. The molecule has 3 N–H and O–H groups in total. The van der Waals surface area contributed by atoms with E-state index in [2.05, 4.69) is 27.1 Å². The first-order chi connectivity index (χ1) is 7.83. The van der Waals surface area contributed by atoms with Crippen molar-refractivity contribution >= 4 is 5.96 Å². The van der Waals surface area contributed by atoms with Crippen molar-refractivity contribution in [1.29, 1.82) is 0 Å². The molecule has 0 spiro atoms. The zero-order chi connectivity index (χ0) is 11.4. The van der Waals surface area contributed by atoms with Crippen molar-refractivity contribution in [1.82, 2.24) is 15.2 Å². The highest BCUT2D eigenvalue weighted by Crippen LogP contribution is 2.23. The average molecular weight is 225 g/mol. The first-order valence-electron chi connectivity index (χ1n) is 6.35. The van der Waals surface area contributed by atoms with Crippen LogP contribution in [0.25, 0.3) is 0 Å². The molecule has 1 saturated carbocycles. The number of hydrogen-bond donors (Lipinski definition) is 2. The molecule has 5 heteroatoms.